The van der Waals surface area contributed by atoms with E-state index in [2.05, 4.69) is 23.6 Å². The van der Waals surface area contributed by atoms with Crippen LogP contribution in [0.1, 0.15) is 46.0 Å². The molecule has 1 saturated carbocycles. The number of aliphatic hydroxyl groups is 1. The lowest BCUT2D eigenvalue weighted by atomic mass is 9.82. The normalized spacial score (nSPS) is 30.2. The van der Waals surface area contributed by atoms with Crippen molar-refractivity contribution in [1.82, 2.24) is 9.80 Å². The number of piperazine rings is 1. The van der Waals surface area contributed by atoms with Gasteiger partial charge in [-0.2, -0.15) is 0 Å². The standard InChI is InChI=1S/C16H30N2O2/c1-3-15(12-19)17-8-10-18(11-9-17)16(20)14-6-4-13(2)5-7-14/h13-15,19H,3-12H2,1-2H3. The van der Waals surface area contributed by atoms with Crippen LogP contribution in [0.25, 0.3) is 0 Å². The van der Waals surface area contributed by atoms with Crippen LogP contribution in [0.4, 0.5) is 0 Å². The fourth-order valence-electron chi connectivity index (χ4n) is 3.58. The van der Waals surface area contributed by atoms with E-state index in [0.717, 1.165) is 51.4 Å². The maximum atomic E-state index is 12.5. The molecule has 0 bridgehead atoms. The second kappa shape index (κ2) is 7.41. The Morgan fingerprint density at radius 1 is 1.15 bits per heavy atom. The van der Waals surface area contributed by atoms with Gasteiger partial charge in [0.2, 0.25) is 5.91 Å². The summed E-state index contributed by atoms with van der Waals surface area (Å²) >= 11 is 0. The summed E-state index contributed by atoms with van der Waals surface area (Å²) in [5.74, 6) is 1.46. The minimum atomic E-state index is 0.227. The van der Waals surface area contributed by atoms with E-state index in [0.29, 0.717) is 5.91 Å². The Morgan fingerprint density at radius 3 is 2.25 bits per heavy atom. The molecule has 1 aliphatic carbocycles. The Morgan fingerprint density at radius 2 is 1.75 bits per heavy atom. The van der Waals surface area contributed by atoms with Crippen LogP contribution in [-0.2, 0) is 4.79 Å². The molecule has 2 fully saturated rings. The number of hydrogen-bond acceptors (Lipinski definition) is 3. The zero-order chi connectivity index (χ0) is 14.5. The third-order valence-electron chi connectivity index (χ3n) is 5.19. The molecule has 1 unspecified atom stereocenters. The molecule has 4 heteroatoms. The summed E-state index contributed by atoms with van der Waals surface area (Å²) < 4.78 is 0. The summed E-state index contributed by atoms with van der Waals surface area (Å²) in [6, 6.07) is 0.266. The molecule has 0 aromatic heterocycles. The average molecular weight is 282 g/mol. The van der Waals surface area contributed by atoms with Crippen LogP contribution < -0.4 is 0 Å². The molecule has 1 heterocycles. The van der Waals surface area contributed by atoms with Crippen LogP contribution in [0.3, 0.4) is 0 Å². The van der Waals surface area contributed by atoms with Crippen molar-refractivity contribution in [3.63, 3.8) is 0 Å². The van der Waals surface area contributed by atoms with E-state index >= 15 is 0 Å². The lowest BCUT2D eigenvalue weighted by Gasteiger charge is -2.40. The Kier molecular flexibility index (Phi) is 5.85. The summed E-state index contributed by atoms with van der Waals surface area (Å²) in [6.45, 7) is 8.12. The van der Waals surface area contributed by atoms with Crippen molar-refractivity contribution in [1.29, 1.82) is 0 Å². The lowest BCUT2D eigenvalue weighted by molar-refractivity contribution is -0.139. The van der Waals surface area contributed by atoms with Crippen LogP contribution in [0.2, 0.25) is 0 Å². The van der Waals surface area contributed by atoms with E-state index in [4.69, 9.17) is 0 Å². The van der Waals surface area contributed by atoms with Crippen LogP contribution >= 0.6 is 0 Å². The molecule has 1 N–H and O–H groups in total. The molecule has 20 heavy (non-hydrogen) atoms. The maximum Gasteiger partial charge on any atom is 0.225 e. The van der Waals surface area contributed by atoms with Gasteiger partial charge < -0.3 is 10.0 Å². The first-order chi connectivity index (χ1) is 9.65. The molecule has 0 aromatic carbocycles. The number of hydrogen-bond donors (Lipinski definition) is 1. The SMILES string of the molecule is CCC(CO)N1CCN(C(=O)C2CCC(C)CC2)CC1. The van der Waals surface area contributed by atoms with E-state index < -0.39 is 0 Å². The number of nitrogens with zero attached hydrogens (tertiary/aromatic N) is 2. The van der Waals surface area contributed by atoms with E-state index in [1.807, 2.05) is 0 Å². The first-order valence-corrected chi connectivity index (χ1v) is 8.29. The minimum Gasteiger partial charge on any atom is -0.395 e. The monoisotopic (exact) mass is 282 g/mol. The van der Waals surface area contributed by atoms with E-state index in [1.165, 1.54) is 12.8 Å². The Bertz CT molecular complexity index is 302. The molecule has 4 nitrogen and oxygen atoms in total. The van der Waals surface area contributed by atoms with Gasteiger partial charge in [0.15, 0.2) is 0 Å². The highest BCUT2D eigenvalue weighted by atomic mass is 16.3. The molecule has 2 aliphatic rings. The topological polar surface area (TPSA) is 43.8 Å². The summed E-state index contributed by atoms with van der Waals surface area (Å²) in [7, 11) is 0. The predicted molar refractivity (Wildman–Crippen MR) is 80.4 cm³/mol. The van der Waals surface area contributed by atoms with Crippen LogP contribution in [0.15, 0.2) is 0 Å². The van der Waals surface area contributed by atoms with Gasteiger partial charge in [-0.1, -0.05) is 13.8 Å². The van der Waals surface area contributed by atoms with Gasteiger partial charge in [0.1, 0.15) is 0 Å². The number of aliphatic hydroxyl groups excluding tert-OH is 1. The number of carbonyl (C=O) groups excluding carboxylic acids is 1. The van der Waals surface area contributed by atoms with E-state index in [9.17, 15) is 9.90 Å². The third kappa shape index (κ3) is 3.73. The van der Waals surface area contributed by atoms with Gasteiger partial charge in [0.05, 0.1) is 6.61 Å². The summed E-state index contributed by atoms with van der Waals surface area (Å²) in [5.41, 5.74) is 0. The fraction of sp³-hybridized carbons (Fsp3) is 0.938. The molecule has 0 spiro atoms. The lowest BCUT2D eigenvalue weighted by Crippen LogP contribution is -2.54. The first-order valence-electron chi connectivity index (χ1n) is 8.29. The van der Waals surface area contributed by atoms with E-state index in [-0.39, 0.29) is 18.6 Å². The maximum absolute atomic E-state index is 12.5. The first kappa shape index (κ1) is 15.8. The molecule has 1 amide bonds. The highest BCUT2D eigenvalue weighted by molar-refractivity contribution is 5.79. The van der Waals surface area contributed by atoms with Crippen molar-refractivity contribution in [2.45, 2.75) is 52.0 Å². The third-order valence-corrected chi connectivity index (χ3v) is 5.19. The predicted octanol–water partition coefficient (Wildman–Crippen LogP) is 1.73. The molecule has 116 valence electrons. The van der Waals surface area contributed by atoms with Gasteiger partial charge in [-0.3, -0.25) is 9.69 Å². The molecule has 1 aliphatic heterocycles. The van der Waals surface area contributed by atoms with Gasteiger partial charge >= 0.3 is 0 Å². The second-order valence-electron chi connectivity index (χ2n) is 6.56. The van der Waals surface area contributed by atoms with Gasteiger partial charge in [-0.05, 0) is 38.0 Å². The molecule has 1 atom stereocenters. The Labute approximate surface area is 123 Å². The Hall–Kier alpha value is -0.610. The van der Waals surface area contributed by atoms with Crippen molar-refractivity contribution in [3.05, 3.63) is 0 Å². The summed E-state index contributed by atoms with van der Waals surface area (Å²) in [4.78, 5) is 16.9. The van der Waals surface area contributed by atoms with Gasteiger partial charge in [0.25, 0.3) is 0 Å². The zero-order valence-electron chi connectivity index (χ0n) is 13.1. The summed E-state index contributed by atoms with van der Waals surface area (Å²) in [6.07, 6.45) is 5.55. The highest BCUT2D eigenvalue weighted by Crippen LogP contribution is 2.29. The van der Waals surface area contributed by atoms with Crippen molar-refractivity contribution in [2.24, 2.45) is 11.8 Å². The second-order valence-corrected chi connectivity index (χ2v) is 6.56. The van der Waals surface area contributed by atoms with Crippen LogP contribution in [0, 0.1) is 11.8 Å². The molecular weight excluding hydrogens is 252 g/mol. The number of amides is 1. The zero-order valence-corrected chi connectivity index (χ0v) is 13.1. The smallest absolute Gasteiger partial charge is 0.225 e. The minimum absolute atomic E-state index is 0.227. The van der Waals surface area contributed by atoms with E-state index in [1.54, 1.807) is 0 Å². The Balaban J connectivity index is 1.79. The van der Waals surface area contributed by atoms with Gasteiger partial charge in [-0.25, -0.2) is 0 Å². The largest absolute Gasteiger partial charge is 0.395 e. The van der Waals surface area contributed by atoms with Crippen molar-refractivity contribution in [2.75, 3.05) is 32.8 Å². The molecule has 0 aromatic rings. The number of rotatable bonds is 4. The van der Waals surface area contributed by atoms with Crippen molar-refractivity contribution >= 4 is 5.91 Å². The molecule has 2 rings (SSSR count). The fourth-order valence-corrected chi connectivity index (χ4v) is 3.58. The van der Waals surface area contributed by atoms with Gasteiger partial charge in [0, 0.05) is 38.1 Å². The van der Waals surface area contributed by atoms with Crippen LogP contribution in [-0.4, -0.2) is 59.6 Å². The average Bonchev–Trinajstić information content (AvgIpc) is 2.49. The molecule has 0 radical (unpaired) electrons. The molecular formula is C16H30N2O2. The van der Waals surface area contributed by atoms with Crippen molar-refractivity contribution < 1.29 is 9.90 Å². The number of carbonyl (C=O) groups is 1. The highest BCUT2D eigenvalue weighted by Gasteiger charge is 2.31. The quantitative estimate of drug-likeness (QED) is 0.854. The molecule has 1 saturated heterocycles. The van der Waals surface area contributed by atoms with Gasteiger partial charge in [-0.15, -0.1) is 0 Å². The van der Waals surface area contributed by atoms with Crippen molar-refractivity contribution in [3.8, 4) is 0 Å². The van der Waals surface area contributed by atoms with Crippen LogP contribution in [0.5, 0.6) is 0 Å². The summed E-state index contributed by atoms with van der Waals surface area (Å²) in [5, 5.41) is 9.36.